The molecule has 5 rings (SSSR count). The van der Waals surface area contributed by atoms with Gasteiger partial charge in [-0.3, -0.25) is 9.59 Å². The van der Waals surface area contributed by atoms with E-state index in [0.717, 1.165) is 22.0 Å². The van der Waals surface area contributed by atoms with Crippen molar-refractivity contribution in [3.63, 3.8) is 0 Å². The number of aliphatic hydroxyl groups excluding tert-OH is 1. The Bertz CT molecular complexity index is 1440. The first kappa shape index (κ1) is 21.6. The molecule has 1 aromatic heterocycles. The van der Waals surface area contributed by atoms with Gasteiger partial charge in [-0.2, -0.15) is 0 Å². The highest BCUT2D eigenvalue weighted by atomic mass is 19.1. The van der Waals surface area contributed by atoms with Crippen LogP contribution < -0.4 is 0 Å². The largest absolute Gasteiger partial charge is 0.507 e. The Morgan fingerprint density at radius 1 is 1.03 bits per heavy atom. The molecule has 1 fully saturated rings. The lowest BCUT2D eigenvalue weighted by atomic mass is 9.95. The molecular weight excluding hydrogens is 431 g/mol. The van der Waals surface area contributed by atoms with Crippen LogP contribution in [0.1, 0.15) is 28.3 Å². The number of amides is 1. The molecule has 34 heavy (non-hydrogen) atoms. The first-order valence-electron chi connectivity index (χ1n) is 11.1. The Morgan fingerprint density at radius 2 is 1.79 bits per heavy atom. The molecule has 6 heteroatoms. The van der Waals surface area contributed by atoms with Crippen LogP contribution in [0.15, 0.2) is 84.6 Å². The Hall–Kier alpha value is -4.19. The van der Waals surface area contributed by atoms with Crippen LogP contribution in [-0.2, 0) is 16.0 Å². The van der Waals surface area contributed by atoms with Crippen LogP contribution in [0.3, 0.4) is 0 Å². The van der Waals surface area contributed by atoms with Crippen LogP contribution in [0.5, 0.6) is 0 Å². The van der Waals surface area contributed by atoms with E-state index < -0.39 is 23.5 Å². The molecule has 4 aromatic rings. The summed E-state index contributed by atoms with van der Waals surface area (Å²) in [6.07, 6.45) is 2.39. The SMILES string of the molecule is Cc1ccc(/C(O)=C2\C(=O)C(=O)N(CCc3c[nH]c4ccccc34)C2c2cccc(F)c2)cc1. The van der Waals surface area contributed by atoms with Gasteiger partial charge in [0, 0.05) is 29.2 Å². The molecule has 2 N–H and O–H groups in total. The molecule has 0 saturated carbocycles. The van der Waals surface area contributed by atoms with Gasteiger partial charge in [0.15, 0.2) is 0 Å². The quantitative estimate of drug-likeness (QED) is 0.245. The van der Waals surface area contributed by atoms with Gasteiger partial charge in [-0.05, 0) is 42.7 Å². The second-order valence-electron chi connectivity index (χ2n) is 8.52. The van der Waals surface area contributed by atoms with Gasteiger partial charge in [0.2, 0.25) is 0 Å². The molecule has 1 unspecified atom stereocenters. The standard InChI is InChI=1S/C28H23FN2O3/c1-17-9-11-18(12-10-17)26(32)24-25(19-5-4-6-21(29)15-19)31(28(34)27(24)33)14-13-20-16-30-23-8-3-2-7-22(20)23/h2-12,15-16,25,30,32H,13-14H2,1H3/b26-24+. The fraction of sp³-hybridized carbons (Fsp3) is 0.143. The van der Waals surface area contributed by atoms with Crippen molar-refractivity contribution in [3.8, 4) is 0 Å². The first-order chi connectivity index (χ1) is 16.4. The Labute approximate surface area is 196 Å². The minimum absolute atomic E-state index is 0.0293. The Morgan fingerprint density at radius 3 is 2.56 bits per heavy atom. The van der Waals surface area contributed by atoms with Crippen LogP contribution in [0.25, 0.3) is 16.7 Å². The monoisotopic (exact) mass is 454 g/mol. The van der Waals surface area contributed by atoms with E-state index in [9.17, 15) is 19.1 Å². The van der Waals surface area contributed by atoms with E-state index in [2.05, 4.69) is 4.98 Å². The zero-order valence-electron chi connectivity index (χ0n) is 18.6. The number of likely N-dealkylation sites (tertiary alicyclic amines) is 1. The topological polar surface area (TPSA) is 73.4 Å². The number of carbonyl (C=O) groups excluding carboxylic acids is 2. The Kier molecular flexibility index (Phi) is 5.49. The first-order valence-corrected chi connectivity index (χ1v) is 11.1. The zero-order valence-corrected chi connectivity index (χ0v) is 18.6. The minimum atomic E-state index is -0.887. The average Bonchev–Trinajstić information content (AvgIpc) is 3.36. The molecule has 1 saturated heterocycles. The molecule has 0 aliphatic carbocycles. The lowest BCUT2D eigenvalue weighted by Gasteiger charge is -2.25. The third kappa shape index (κ3) is 3.77. The van der Waals surface area contributed by atoms with Crippen LogP contribution in [0, 0.1) is 12.7 Å². The van der Waals surface area contributed by atoms with Gasteiger partial charge in [0.1, 0.15) is 11.6 Å². The van der Waals surface area contributed by atoms with E-state index >= 15 is 0 Å². The molecule has 170 valence electrons. The second-order valence-corrected chi connectivity index (χ2v) is 8.52. The number of para-hydroxylation sites is 1. The molecule has 5 nitrogen and oxygen atoms in total. The number of hydrogen-bond acceptors (Lipinski definition) is 3. The third-order valence-electron chi connectivity index (χ3n) is 6.33. The number of nitrogens with one attached hydrogen (secondary N) is 1. The van der Waals surface area contributed by atoms with Crippen molar-refractivity contribution in [2.45, 2.75) is 19.4 Å². The number of aromatic amines is 1. The average molecular weight is 455 g/mol. The minimum Gasteiger partial charge on any atom is -0.507 e. The number of halogens is 1. The highest BCUT2D eigenvalue weighted by Crippen LogP contribution is 2.39. The summed E-state index contributed by atoms with van der Waals surface area (Å²) >= 11 is 0. The number of aliphatic hydroxyl groups is 1. The number of aryl methyl sites for hydroxylation is 1. The number of nitrogens with zero attached hydrogens (tertiary/aromatic N) is 1. The molecule has 0 radical (unpaired) electrons. The summed E-state index contributed by atoms with van der Waals surface area (Å²) in [5, 5.41) is 12.1. The molecule has 0 bridgehead atoms. The highest BCUT2D eigenvalue weighted by molar-refractivity contribution is 6.46. The van der Waals surface area contributed by atoms with Gasteiger partial charge >= 0.3 is 0 Å². The zero-order chi connectivity index (χ0) is 23.8. The van der Waals surface area contributed by atoms with E-state index in [-0.39, 0.29) is 17.9 Å². The molecule has 1 aliphatic rings. The second kappa shape index (κ2) is 8.63. The fourth-order valence-electron chi connectivity index (χ4n) is 4.58. The summed E-state index contributed by atoms with van der Waals surface area (Å²) in [4.78, 5) is 30.9. The van der Waals surface area contributed by atoms with Gasteiger partial charge in [0.05, 0.1) is 11.6 Å². The van der Waals surface area contributed by atoms with E-state index in [1.165, 1.54) is 23.1 Å². The van der Waals surface area contributed by atoms with Gasteiger partial charge in [-0.25, -0.2) is 4.39 Å². The van der Waals surface area contributed by atoms with Crippen LogP contribution in [0.4, 0.5) is 4.39 Å². The van der Waals surface area contributed by atoms with Crippen molar-refractivity contribution < 1.29 is 19.1 Å². The summed E-state index contributed by atoms with van der Waals surface area (Å²) in [7, 11) is 0. The number of H-pyrrole nitrogens is 1. The molecular formula is C28H23FN2O3. The summed E-state index contributed by atoms with van der Waals surface area (Å²) < 4.78 is 14.2. The van der Waals surface area contributed by atoms with Gasteiger partial charge in [-0.1, -0.05) is 60.2 Å². The number of hydrogen-bond donors (Lipinski definition) is 2. The summed E-state index contributed by atoms with van der Waals surface area (Å²) in [5.74, 6) is -2.22. The van der Waals surface area contributed by atoms with Crippen molar-refractivity contribution in [1.29, 1.82) is 0 Å². The highest BCUT2D eigenvalue weighted by Gasteiger charge is 2.46. The number of Topliss-reactive ketones (excluding diaryl/α,β-unsaturated/α-hetero) is 1. The van der Waals surface area contributed by atoms with Gasteiger partial charge < -0.3 is 15.0 Å². The van der Waals surface area contributed by atoms with Crippen molar-refractivity contribution in [2.24, 2.45) is 0 Å². The van der Waals surface area contributed by atoms with Gasteiger partial charge in [-0.15, -0.1) is 0 Å². The number of benzene rings is 3. The van der Waals surface area contributed by atoms with Crippen LogP contribution >= 0.6 is 0 Å². The predicted molar refractivity (Wildman–Crippen MR) is 129 cm³/mol. The number of carbonyl (C=O) groups is 2. The molecule has 3 aromatic carbocycles. The predicted octanol–water partition coefficient (Wildman–Crippen LogP) is 5.28. The van der Waals surface area contributed by atoms with Crippen LogP contribution in [-0.4, -0.2) is 33.2 Å². The maximum Gasteiger partial charge on any atom is 0.295 e. The van der Waals surface area contributed by atoms with Crippen LogP contribution in [0.2, 0.25) is 0 Å². The maximum atomic E-state index is 14.2. The summed E-state index contributed by atoms with van der Waals surface area (Å²) in [5.41, 5.74) is 3.83. The number of fused-ring (bicyclic) bond motifs is 1. The third-order valence-corrected chi connectivity index (χ3v) is 6.33. The van der Waals surface area contributed by atoms with Crippen molar-refractivity contribution in [2.75, 3.05) is 6.54 Å². The Balaban J connectivity index is 1.57. The molecule has 0 spiro atoms. The van der Waals surface area contributed by atoms with Crippen molar-refractivity contribution in [3.05, 3.63) is 113 Å². The molecule has 1 amide bonds. The number of ketones is 1. The summed E-state index contributed by atoms with van der Waals surface area (Å²) in [6.45, 7) is 2.15. The van der Waals surface area contributed by atoms with Crippen molar-refractivity contribution >= 4 is 28.4 Å². The summed E-state index contributed by atoms with van der Waals surface area (Å²) in [6, 6.07) is 19.8. The number of rotatable bonds is 5. The molecule has 2 heterocycles. The number of aromatic nitrogens is 1. The molecule has 1 aliphatic heterocycles. The molecule has 1 atom stereocenters. The lowest BCUT2D eigenvalue weighted by molar-refractivity contribution is -0.139. The smallest absolute Gasteiger partial charge is 0.295 e. The lowest BCUT2D eigenvalue weighted by Crippen LogP contribution is -2.31. The van der Waals surface area contributed by atoms with E-state index in [1.54, 1.807) is 18.2 Å². The van der Waals surface area contributed by atoms with Crippen molar-refractivity contribution in [1.82, 2.24) is 9.88 Å². The van der Waals surface area contributed by atoms with E-state index in [1.807, 2.05) is 49.5 Å². The normalized spacial score (nSPS) is 17.6. The maximum absolute atomic E-state index is 14.2. The van der Waals surface area contributed by atoms with Gasteiger partial charge in [0.25, 0.3) is 11.7 Å². The fourth-order valence-corrected chi connectivity index (χ4v) is 4.58. The van der Waals surface area contributed by atoms with E-state index in [4.69, 9.17) is 0 Å². The van der Waals surface area contributed by atoms with E-state index in [0.29, 0.717) is 17.5 Å².